The molecular formula is C12H20N4S. The molecule has 0 amide bonds. The fourth-order valence-electron chi connectivity index (χ4n) is 1.77. The lowest BCUT2D eigenvalue weighted by Crippen LogP contribution is -2.15. The molecule has 2 rings (SSSR count). The third kappa shape index (κ3) is 4.07. The number of thioether (sulfide) groups is 1. The number of rotatable bonds is 6. The molecule has 1 saturated heterocycles. The molecule has 2 N–H and O–H groups in total. The van der Waals surface area contributed by atoms with Crippen molar-refractivity contribution in [1.29, 1.82) is 0 Å². The Hall–Kier alpha value is -0.970. The minimum Gasteiger partial charge on any atom is -0.370 e. The van der Waals surface area contributed by atoms with Crippen molar-refractivity contribution in [2.45, 2.75) is 19.8 Å². The average Bonchev–Trinajstić information content (AvgIpc) is 2.87. The fraction of sp³-hybridized carbons (Fsp3) is 0.667. The molecule has 17 heavy (non-hydrogen) atoms. The molecule has 0 bridgehead atoms. The molecule has 1 aromatic rings. The second-order valence-electron chi connectivity index (χ2n) is 4.30. The lowest BCUT2D eigenvalue weighted by molar-refractivity contribution is 0.630. The van der Waals surface area contributed by atoms with Gasteiger partial charge in [0.2, 0.25) is 5.95 Å². The zero-order valence-corrected chi connectivity index (χ0v) is 11.1. The van der Waals surface area contributed by atoms with Crippen LogP contribution in [0.2, 0.25) is 0 Å². The van der Waals surface area contributed by atoms with Gasteiger partial charge >= 0.3 is 0 Å². The molecule has 0 aromatic carbocycles. The number of hydrogen-bond acceptors (Lipinski definition) is 5. The van der Waals surface area contributed by atoms with Crippen molar-refractivity contribution in [2.24, 2.45) is 5.92 Å². The monoisotopic (exact) mass is 252 g/mol. The minimum absolute atomic E-state index is 0.720. The SMILES string of the molecule is CCCNc1nccc(NCC2CCSC2)n1. The summed E-state index contributed by atoms with van der Waals surface area (Å²) in [4.78, 5) is 8.62. The quantitative estimate of drug-likeness (QED) is 0.814. The van der Waals surface area contributed by atoms with Gasteiger partial charge in [-0.15, -0.1) is 0 Å². The van der Waals surface area contributed by atoms with Gasteiger partial charge in [-0.1, -0.05) is 6.92 Å². The Labute approximate surface area is 107 Å². The molecular weight excluding hydrogens is 232 g/mol. The topological polar surface area (TPSA) is 49.8 Å². The van der Waals surface area contributed by atoms with Crippen molar-refractivity contribution in [2.75, 3.05) is 35.2 Å². The first-order valence-corrected chi connectivity index (χ1v) is 7.42. The predicted octanol–water partition coefficient (Wildman–Crippen LogP) is 2.46. The lowest BCUT2D eigenvalue weighted by atomic mass is 10.1. The van der Waals surface area contributed by atoms with Gasteiger partial charge in [0.05, 0.1) is 0 Å². The van der Waals surface area contributed by atoms with Crippen LogP contribution in [0.4, 0.5) is 11.8 Å². The molecule has 0 saturated carbocycles. The van der Waals surface area contributed by atoms with Crippen LogP contribution >= 0.6 is 11.8 Å². The Morgan fingerprint density at radius 2 is 2.41 bits per heavy atom. The Bertz CT molecular complexity index is 339. The van der Waals surface area contributed by atoms with Gasteiger partial charge in [-0.3, -0.25) is 0 Å². The summed E-state index contributed by atoms with van der Waals surface area (Å²) in [5.74, 6) is 5.02. The van der Waals surface area contributed by atoms with Crippen molar-refractivity contribution in [1.82, 2.24) is 9.97 Å². The van der Waals surface area contributed by atoms with Crippen LogP contribution in [-0.2, 0) is 0 Å². The number of hydrogen-bond donors (Lipinski definition) is 2. The first-order chi connectivity index (χ1) is 8.38. The van der Waals surface area contributed by atoms with E-state index in [1.807, 2.05) is 17.8 Å². The summed E-state index contributed by atoms with van der Waals surface area (Å²) in [6.07, 6.45) is 4.21. The summed E-state index contributed by atoms with van der Waals surface area (Å²) in [6, 6.07) is 1.93. The maximum Gasteiger partial charge on any atom is 0.224 e. The van der Waals surface area contributed by atoms with E-state index in [2.05, 4.69) is 27.5 Å². The lowest BCUT2D eigenvalue weighted by Gasteiger charge is -2.11. The summed E-state index contributed by atoms with van der Waals surface area (Å²) in [7, 11) is 0. The molecule has 0 radical (unpaired) electrons. The number of nitrogens with zero attached hydrogens (tertiary/aromatic N) is 2. The smallest absolute Gasteiger partial charge is 0.224 e. The van der Waals surface area contributed by atoms with E-state index >= 15 is 0 Å². The Morgan fingerprint density at radius 3 is 3.18 bits per heavy atom. The molecule has 2 heterocycles. The first kappa shape index (κ1) is 12.5. The summed E-state index contributed by atoms with van der Waals surface area (Å²) in [5.41, 5.74) is 0. The van der Waals surface area contributed by atoms with Crippen molar-refractivity contribution < 1.29 is 0 Å². The van der Waals surface area contributed by atoms with Gasteiger partial charge in [0, 0.05) is 19.3 Å². The van der Waals surface area contributed by atoms with E-state index < -0.39 is 0 Å². The molecule has 0 spiro atoms. The van der Waals surface area contributed by atoms with Gasteiger partial charge in [-0.25, -0.2) is 4.98 Å². The zero-order chi connectivity index (χ0) is 11.9. The van der Waals surface area contributed by atoms with Gasteiger partial charge in [-0.2, -0.15) is 16.7 Å². The number of nitrogens with one attached hydrogen (secondary N) is 2. The van der Waals surface area contributed by atoms with Crippen molar-refractivity contribution in [3.05, 3.63) is 12.3 Å². The first-order valence-electron chi connectivity index (χ1n) is 6.27. The number of aromatic nitrogens is 2. The van der Waals surface area contributed by atoms with Crippen molar-refractivity contribution in [3.8, 4) is 0 Å². The summed E-state index contributed by atoms with van der Waals surface area (Å²) >= 11 is 2.05. The van der Waals surface area contributed by atoms with Crippen LogP contribution in [0.5, 0.6) is 0 Å². The zero-order valence-electron chi connectivity index (χ0n) is 10.3. The Kier molecular flexibility index (Phi) is 4.91. The normalized spacial score (nSPS) is 19.2. The van der Waals surface area contributed by atoms with E-state index in [1.54, 1.807) is 6.20 Å². The van der Waals surface area contributed by atoms with Gasteiger partial charge in [0.1, 0.15) is 5.82 Å². The second-order valence-corrected chi connectivity index (χ2v) is 5.45. The number of anilines is 2. The highest BCUT2D eigenvalue weighted by Crippen LogP contribution is 2.23. The van der Waals surface area contributed by atoms with E-state index in [0.29, 0.717) is 0 Å². The second kappa shape index (κ2) is 6.69. The van der Waals surface area contributed by atoms with Gasteiger partial charge in [0.15, 0.2) is 0 Å². The molecule has 1 unspecified atom stereocenters. The van der Waals surface area contributed by atoms with Gasteiger partial charge in [-0.05, 0) is 36.3 Å². The van der Waals surface area contributed by atoms with E-state index in [1.165, 1.54) is 17.9 Å². The van der Waals surface area contributed by atoms with Crippen LogP contribution in [0.1, 0.15) is 19.8 Å². The molecule has 0 aliphatic carbocycles. The minimum atomic E-state index is 0.720. The van der Waals surface area contributed by atoms with Crippen LogP contribution in [0.3, 0.4) is 0 Å². The van der Waals surface area contributed by atoms with Crippen LogP contribution in [-0.4, -0.2) is 34.6 Å². The third-order valence-electron chi connectivity index (χ3n) is 2.78. The molecule has 1 fully saturated rings. The molecule has 4 nitrogen and oxygen atoms in total. The molecule has 1 atom stereocenters. The van der Waals surface area contributed by atoms with E-state index in [4.69, 9.17) is 0 Å². The highest BCUT2D eigenvalue weighted by molar-refractivity contribution is 7.99. The average molecular weight is 252 g/mol. The Morgan fingerprint density at radius 1 is 1.47 bits per heavy atom. The van der Waals surface area contributed by atoms with Crippen molar-refractivity contribution in [3.63, 3.8) is 0 Å². The maximum absolute atomic E-state index is 4.43. The summed E-state index contributed by atoms with van der Waals surface area (Å²) < 4.78 is 0. The molecule has 1 aliphatic heterocycles. The van der Waals surface area contributed by atoms with Gasteiger partial charge < -0.3 is 10.6 Å². The highest BCUT2D eigenvalue weighted by Gasteiger charge is 2.14. The third-order valence-corrected chi connectivity index (χ3v) is 4.02. The Balaban J connectivity index is 1.82. The van der Waals surface area contributed by atoms with E-state index in [0.717, 1.165) is 37.2 Å². The fourth-order valence-corrected chi connectivity index (χ4v) is 3.06. The summed E-state index contributed by atoms with van der Waals surface area (Å²) in [6.45, 7) is 4.08. The molecule has 1 aromatic heterocycles. The highest BCUT2D eigenvalue weighted by atomic mass is 32.2. The summed E-state index contributed by atoms with van der Waals surface area (Å²) in [5, 5.41) is 6.60. The molecule has 1 aliphatic rings. The van der Waals surface area contributed by atoms with E-state index in [9.17, 15) is 0 Å². The van der Waals surface area contributed by atoms with Crippen LogP contribution < -0.4 is 10.6 Å². The van der Waals surface area contributed by atoms with Crippen LogP contribution in [0.25, 0.3) is 0 Å². The predicted molar refractivity (Wildman–Crippen MR) is 74.7 cm³/mol. The molecule has 94 valence electrons. The van der Waals surface area contributed by atoms with Crippen LogP contribution in [0, 0.1) is 5.92 Å². The molecule has 5 heteroatoms. The van der Waals surface area contributed by atoms with Crippen LogP contribution in [0.15, 0.2) is 12.3 Å². The largest absolute Gasteiger partial charge is 0.370 e. The maximum atomic E-state index is 4.43. The standard InChI is InChI=1S/C12H20N4S/c1-2-5-13-12-14-6-3-11(16-12)15-8-10-4-7-17-9-10/h3,6,10H,2,4-5,7-9H2,1H3,(H2,13,14,15,16). The van der Waals surface area contributed by atoms with Crippen molar-refractivity contribution >= 4 is 23.5 Å². The van der Waals surface area contributed by atoms with E-state index in [-0.39, 0.29) is 0 Å². The van der Waals surface area contributed by atoms with Gasteiger partial charge in [0.25, 0.3) is 0 Å².